The van der Waals surface area contributed by atoms with E-state index in [1.54, 1.807) is 24.7 Å². The lowest BCUT2D eigenvalue weighted by Gasteiger charge is -2.27. The van der Waals surface area contributed by atoms with E-state index >= 15 is 4.39 Å². The number of piperidine rings is 1. The Labute approximate surface area is 212 Å². The molecule has 0 radical (unpaired) electrons. The number of aromatic amines is 2. The molecule has 37 heavy (non-hydrogen) atoms. The minimum Gasteiger partial charge on any atom is -0.355 e. The number of carbonyl (C=O) groups is 1. The van der Waals surface area contributed by atoms with Crippen LogP contribution in [0.3, 0.4) is 0 Å². The maximum atomic E-state index is 15.2. The Morgan fingerprint density at radius 1 is 1.11 bits per heavy atom. The maximum absolute atomic E-state index is 15.2. The van der Waals surface area contributed by atoms with Gasteiger partial charge in [0.05, 0.1) is 17.4 Å². The van der Waals surface area contributed by atoms with Crippen LogP contribution in [0.1, 0.15) is 39.0 Å². The number of carbonyl (C=O) groups excluding carboxylic acids is 1. The van der Waals surface area contributed by atoms with Crippen molar-refractivity contribution >= 4 is 39.3 Å². The highest BCUT2D eigenvalue weighted by molar-refractivity contribution is 5.97. The number of hydrogen-bond acceptors (Lipinski definition) is 6. The summed E-state index contributed by atoms with van der Waals surface area (Å²) in [6.07, 6.45) is 9.70. The van der Waals surface area contributed by atoms with E-state index in [0.29, 0.717) is 40.1 Å². The third-order valence-electron chi connectivity index (χ3n) is 6.72. The second-order valence-electron chi connectivity index (χ2n) is 9.38. The number of amides is 1. The van der Waals surface area contributed by atoms with Crippen molar-refractivity contribution in [2.75, 3.05) is 23.3 Å². The molecule has 1 fully saturated rings. The molecular formula is C27H27FN8O. The Kier molecular flexibility index (Phi) is 5.99. The van der Waals surface area contributed by atoms with E-state index in [9.17, 15) is 4.79 Å². The lowest BCUT2D eigenvalue weighted by molar-refractivity contribution is -0.116. The summed E-state index contributed by atoms with van der Waals surface area (Å²) in [6, 6.07) is 6.98. The number of anilines is 2. The number of halogens is 1. The van der Waals surface area contributed by atoms with Crippen LogP contribution in [0.4, 0.5) is 15.9 Å². The van der Waals surface area contributed by atoms with Gasteiger partial charge < -0.3 is 15.2 Å². The molecule has 6 rings (SSSR count). The first-order valence-corrected chi connectivity index (χ1v) is 12.6. The van der Waals surface area contributed by atoms with Crippen molar-refractivity contribution in [2.24, 2.45) is 0 Å². The van der Waals surface area contributed by atoms with E-state index in [2.05, 4.69) is 35.4 Å². The van der Waals surface area contributed by atoms with E-state index < -0.39 is 5.82 Å². The largest absolute Gasteiger partial charge is 0.355 e. The van der Waals surface area contributed by atoms with Crippen LogP contribution in [0.2, 0.25) is 0 Å². The number of nitrogens with one attached hydrogen (secondary N) is 3. The van der Waals surface area contributed by atoms with Gasteiger partial charge in [0.15, 0.2) is 17.5 Å². The number of benzene rings is 1. The molecule has 5 aromatic rings. The first-order valence-electron chi connectivity index (χ1n) is 12.6. The third-order valence-corrected chi connectivity index (χ3v) is 6.72. The molecule has 10 heteroatoms. The summed E-state index contributed by atoms with van der Waals surface area (Å²) in [5, 5.41) is 10.6. The zero-order chi connectivity index (χ0) is 25.4. The zero-order valence-corrected chi connectivity index (χ0v) is 20.5. The summed E-state index contributed by atoms with van der Waals surface area (Å²) in [5.74, 6) is 0.896. The van der Waals surface area contributed by atoms with Crippen molar-refractivity contribution in [3.63, 3.8) is 0 Å². The fourth-order valence-electron chi connectivity index (χ4n) is 4.92. The van der Waals surface area contributed by atoms with E-state index in [1.807, 2.05) is 19.1 Å². The Bertz CT molecular complexity index is 1600. The summed E-state index contributed by atoms with van der Waals surface area (Å²) in [5.41, 5.74) is 4.36. The Morgan fingerprint density at radius 3 is 2.81 bits per heavy atom. The summed E-state index contributed by atoms with van der Waals surface area (Å²) >= 11 is 0. The molecule has 0 saturated carbocycles. The van der Waals surface area contributed by atoms with Gasteiger partial charge in [-0.05, 0) is 55.5 Å². The molecule has 1 amide bonds. The first-order chi connectivity index (χ1) is 18.1. The quantitative estimate of drug-likeness (QED) is 0.287. The van der Waals surface area contributed by atoms with Gasteiger partial charge in [-0.1, -0.05) is 6.92 Å². The molecule has 0 spiro atoms. The van der Waals surface area contributed by atoms with E-state index in [-0.39, 0.29) is 11.4 Å². The van der Waals surface area contributed by atoms with Crippen molar-refractivity contribution in [1.29, 1.82) is 0 Å². The van der Waals surface area contributed by atoms with Crippen LogP contribution in [0, 0.1) is 5.82 Å². The molecule has 0 aliphatic carbocycles. The molecule has 0 atom stereocenters. The molecule has 1 saturated heterocycles. The fraction of sp³-hybridized carbons (Fsp3) is 0.296. The molecule has 9 nitrogen and oxygen atoms in total. The molecule has 0 unspecified atom stereocenters. The van der Waals surface area contributed by atoms with Crippen molar-refractivity contribution in [2.45, 2.75) is 39.0 Å². The maximum Gasteiger partial charge on any atom is 0.224 e. The van der Waals surface area contributed by atoms with Gasteiger partial charge in [-0.25, -0.2) is 14.4 Å². The Balaban J connectivity index is 1.40. The third kappa shape index (κ3) is 4.39. The molecule has 0 bridgehead atoms. The number of nitrogens with zero attached hydrogens (tertiary/aromatic N) is 5. The van der Waals surface area contributed by atoms with Gasteiger partial charge >= 0.3 is 0 Å². The van der Waals surface area contributed by atoms with Gasteiger partial charge in [-0.3, -0.25) is 14.9 Å². The lowest BCUT2D eigenvalue weighted by Crippen LogP contribution is -2.30. The summed E-state index contributed by atoms with van der Waals surface area (Å²) in [4.78, 5) is 31.4. The summed E-state index contributed by atoms with van der Waals surface area (Å²) in [7, 11) is 0. The molecule has 188 valence electrons. The molecule has 1 aliphatic heterocycles. The molecule has 3 N–H and O–H groups in total. The van der Waals surface area contributed by atoms with Crippen molar-refractivity contribution in [3.05, 3.63) is 48.7 Å². The number of aromatic nitrogens is 6. The second-order valence-corrected chi connectivity index (χ2v) is 9.38. The van der Waals surface area contributed by atoms with Crippen LogP contribution in [-0.4, -0.2) is 49.1 Å². The number of hydrogen-bond donors (Lipinski definition) is 3. The second kappa shape index (κ2) is 9.61. The van der Waals surface area contributed by atoms with Gasteiger partial charge in [0.2, 0.25) is 5.91 Å². The highest BCUT2D eigenvalue weighted by Crippen LogP contribution is 2.34. The van der Waals surface area contributed by atoms with E-state index in [4.69, 9.17) is 4.98 Å². The van der Waals surface area contributed by atoms with Gasteiger partial charge in [0.1, 0.15) is 16.7 Å². The zero-order valence-electron chi connectivity index (χ0n) is 20.5. The molecule has 1 aliphatic rings. The smallest absolute Gasteiger partial charge is 0.224 e. The van der Waals surface area contributed by atoms with Gasteiger partial charge in [-0.2, -0.15) is 5.10 Å². The minimum atomic E-state index is -0.456. The standard InChI is InChI=1S/C27H27FN8O/c1-2-6-22(37)31-18-11-17(14-29-15-18)16-12-19-23(20(28)13-16)34-35-24(19)26-32-21-7-8-30-27(25(21)33-26)36-9-4-3-5-10-36/h7-8,11-15H,2-6,9-10H2,1H3,(H,31,37)(H,32,33)(H,34,35). The summed E-state index contributed by atoms with van der Waals surface area (Å²) in [6.45, 7) is 3.87. The number of H-pyrrole nitrogens is 2. The fourth-order valence-corrected chi connectivity index (χ4v) is 4.92. The van der Waals surface area contributed by atoms with Crippen LogP contribution in [-0.2, 0) is 4.79 Å². The topological polar surface area (TPSA) is 115 Å². The van der Waals surface area contributed by atoms with Crippen molar-refractivity contribution < 1.29 is 9.18 Å². The number of rotatable bonds is 6. The highest BCUT2D eigenvalue weighted by Gasteiger charge is 2.20. The van der Waals surface area contributed by atoms with Crippen LogP contribution < -0.4 is 10.2 Å². The lowest BCUT2D eigenvalue weighted by atomic mass is 10.0. The van der Waals surface area contributed by atoms with Gasteiger partial charge in [0, 0.05) is 42.9 Å². The Hall–Kier alpha value is -4.34. The van der Waals surface area contributed by atoms with Gasteiger partial charge in [-0.15, -0.1) is 0 Å². The number of imidazole rings is 1. The predicted octanol–water partition coefficient (Wildman–Crippen LogP) is 5.43. The van der Waals surface area contributed by atoms with E-state index in [0.717, 1.165) is 49.2 Å². The predicted molar refractivity (Wildman–Crippen MR) is 142 cm³/mol. The first kappa shape index (κ1) is 23.1. The van der Waals surface area contributed by atoms with Gasteiger partial charge in [0.25, 0.3) is 0 Å². The Morgan fingerprint density at radius 2 is 1.97 bits per heavy atom. The monoisotopic (exact) mass is 498 g/mol. The molecule has 4 aromatic heterocycles. The van der Waals surface area contributed by atoms with E-state index in [1.165, 1.54) is 12.5 Å². The van der Waals surface area contributed by atoms with Crippen LogP contribution in [0.25, 0.3) is 44.6 Å². The van der Waals surface area contributed by atoms with Crippen LogP contribution in [0.5, 0.6) is 0 Å². The van der Waals surface area contributed by atoms with Crippen LogP contribution in [0.15, 0.2) is 42.9 Å². The number of fused-ring (bicyclic) bond motifs is 2. The average Bonchev–Trinajstić information content (AvgIpc) is 3.54. The normalized spacial score (nSPS) is 13.9. The summed E-state index contributed by atoms with van der Waals surface area (Å²) < 4.78 is 15.2. The van der Waals surface area contributed by atoms with Crippen LogP contribution >= 0.6 is 0 Å². The SMILES string of the molecule is CCCC(=O)Nc1cncc(-c2cc(F)c3n[nH]c(-c4nc5c(N6CCCCC6)nccc5[nH]4)c3c2)c1. The average molecular weight is 499 g/mol. The van der Waals surface area contributed by atoms with Crippen molar-refractivity contribution in [3.8, 4) is 22.6 Å². The molecular weight excluding hydrogens is 471 g/mol. The highest BCUT2D eigenvalue weighted by atomic mass is 19.1. The minimum absolute atomic E-state index is 0.0801. The van der Waals surface area contributed by atoms with Crippen molar-refractivity contribution in [1.82, 2.24) is 30.1 Å². The molecule has 1 aromatic carbocycles. The number of pyridine rings is 2. The molecule has 5 heterocycles.